The Labute approximate surface area is 130 Å². The third kappa shape index (κ3) is 3.72. The fraction of sp³-hybridized carbons (Fsp3) is 0.462. The third-order valence-corrected chi connectivity index (χ3v) is 2.87. The van der Waals surface area contributed by atoms with Crippen LogP contribution >= 0.6 is 0 Å². The Bertz CT molecular complexity index is 765. The third-order valence-electron chi connectivity index (χ3n) is 2.87. The zero-order valence-corrected chi connectivity index (χ0v) is 12.7. The van der Waals surface area contributed by atoms with Crippen molar-refractivity contribution in [1.82, 2.24) is 20.0 Å². The van der Waals surface area contributed by atoms with Crippen molar-refractivity contribution < 1.29 is 23.6 Å². The molecule has 2 heterocycles. The predicted octanol–water partition coefficient (Wildman–Crippen LogP) is -0.676. The van der Waals surface area contributed by atoms with E-state index in [1.54, 1.807) is 6.92 Å². The van der Waals surface area contributed by atoms with E-state index in [-0.39, 0.29) is 35.9 Å². The molecule has 23 heavy (non-hydrogen) atoms. The minimum absolute atomic E-state index is 0.0888. The van der Waals surface area contributed by atoms with Crippen LogP contribution < -0.4 is 10.9 Å². The first-order valence-corrected chi connectivity index (χ1v) is 6.86. The van der Waals surface area contributed by atoms with Crippen LogP contribution in [0.3, 0.4) is 0 Å². The number of fused-ring (bicyclic) bond motifs is 1. The van der Waals surface area contributed by atoms with Crippen molar-refractivity contribution in [2.45, 2.75) is 13.5 Å². The fourth-order valence-electron chi connectivity index (χ4n) is 1.84. The molecule has 2 rings (SSSR count). The lowest BCUT2D eigenvalue weighted by molar-refractivity contribution is -0.121. The standard InChI is InChI=1S/C13H16N4O6/c1-3-22-13(20)10-9-11(23-16-10)15-7-17(12(9)19)6-8(18)14-4-5-21-2/h7H,3-6H2,1-2H3,(H,14,18). The first-order chi connectivity index (χ1) is 11.1. The minimum Gasteiger partial charge on any atom is -0.461 e. The van der Waals surface area contributed by atoms with E-state index in [9.17, 15) is 14.4 Å². The van der Waals surface area contributed by atoms with Crippen molar-refractivity contribution in [3.05, 3.63) is 22.4 Å². The molecule has 0 aliphatic carbocycles. The first kappa shape index (κ1) is 16.6. The molecule has 0 atom stereocenters. The summed E-state index contributed by atoms with van der Waals surface area (Å²) in [7, 11) is 1.51. The molecule has 10 nitrogen and oxygen atoms in total. The molecule has 0 aromatic carbocycles. The van der Waals surface area contributed by atoms with E-state index in [4.69, 9.17) is 14.0 Å². The highest BCUT2D eigenvalue weighted by atomic mass is 16.5. The van der Waals surface area contributed by atoms with Crippen LogP contribution in [0.2, 0.25) is 0 Å². The van der Waals surface area contributed by atoms with E-state index in [1.807, 2.05) is 0 Å². The van der Waals surface area contributed by atoms with Crippen molar-refractivity contribution in [2.75, 3.05) is 26.9 Å². The molecule has 0 fully saturated rings. The number of rotatable bonds is 7. The Kier molecular flexibility index (Phi) is 5.41. The number of esters is 1. The second-order valence-electron chi connectivity index (χ2n) is 4.45. The smallest absolute Gasteiger partial charge is 0.361 e. The number of hydrogen-bond acceptors (Lipinski definition) is 8. The Morgan fingerprint density at radius 2 is 2.22 bits per heavy atom. The van der Waals surface area contributed by atoms with Gasteiger partial charge in [0.1, 0.15) is 18.3 Å². The number of hydrogen-bond donors (Lipinski definition) is 1. The Balaban J connectivity index is 2.27. The average molecular weight is 324 g/mol. The summed E-state index contributed by atoms with van der Waals surface area (Å²) < 4.78 is 15.5. The fourth-order valence-corrected chi connectivity index (χ4v) is 1.84. The summed E-state index contributed by atoms with van der Waals surface area (Å²) in [4.78, 5) is 39.8. The SMILES string of the molecule is CCOC(=O)c1noc2ncn(CC(=O)NCCOC)c(=O)c12. The average Bonchev–Trinajstić information content (AvgIpc) is 2.95. The number of aromatic nitrogens is 3. The van der Waals surface area contributed by atoms with Crippen molar-refractivity contribution in [2.24, 2.45) is 0 Å². The van der Waals surface area contributed by atoms with E-state index < -0.39 is 11.5 Å². The van der Waals surface area contributed by atoms with Gasteiger partial charge in [-0.2, -0.15) is 0 Å². The lowest BCUT2D eigenvalue weighted by atomic mass is 10.3. The van der Waals surface area contributed by atoms with Gasteiger partial charge in [0.25, 0.3) is 11.3 Å². The van der Waals surface area contributed by atoms with E-state index in [0.717, 1.165) is 10.9 Å². The zero-order chi connectivity index (χ0) is 16.8. The van der Waals surface area contributed by atoms with Gasteiger partial charge in [0.2, 0.25) is 11.6 Å². The summed E-state index contributed by atoms with van der Waals surface area (Å²) in [6, 6.07) is 0. The van der Waals surface area contributed by atoms with E-state index >= 15 is 0 Å². The zero-order valence-electron chi connectivity index (χ0n) is 12.7. The topological polar surface area (TPSA) is 126 Å². The van der Waals surface area contributed by atoms with Crippen LogP contribution in [0.1, 0.15) is 17.4 Å². The van der Waals surface area contributed by atoms with Gasteiger partial charge in [-0.1, -0.05) is 5.16 Å². The highest BCUT2D eigenvalue weighted by Gasteiger charge is 2.22. The van der Waals surface area contributed by atoms with Gasteiger partial charge in [0, 0.05) is 13.7 Å². The first-order valence-electron chi connectivity index (χ1n) is 6.86. The number of nitrogens with one attached hydrogen (secondary N) is 1. The summed E-state index contributed by atoms with van der Waals surface area (Å²) in [5.41, 5.74) is -0.955. The second-order valence-corrected chi connectivity index (χ2v) is 4.45. The number of ether oxygens (including phenoxy) is 2. The molecule has 0 saturated heterocycles. The second kappa shape index (κ2) is 7.49. The molecule has 2 aromatic rings. The molecular formula is C13H16N4O6. The molecule has 10 heteroatoms. The van der Waals surface area contributed by atoms with Crippen LogP contribution in [-0.2, 0) is 20.8 Å². The predicted molar refractivity (Wildman–Crippen MR) is 76.9 cm³/mol. The number of amides is 1. The Morgan fingerprint density at radius 3 is 2.91 bits per heavy atom. The lowest BCUT2D eigenvalue weighted by Crippen LogP contribution is -2.34. The van der Waals surface area contributed by atoms with Crippen LogP contribution in [0, 0.1) is 0 Å². The minimum atomic E-state index is -0.785. The number of carbonyl (C=O) groups excluding carboxylic acids is 2. The molecule has 0 saturated carbocycles. The van der Waals surface area contributed by atoms with Gasteiger partial charge >= 0.3 is 5.97 Å². The van der Waals surface area contributed by atoms with Crippen molar-refractivity contribution >= 4 is 23.0 Å². The molecule has 2 aromatic heterocycles. The van der Waals surface area contributed by atoms with Gasteiger partial charge in [-0.25, -0.2) is 9.78 Å². The number of methoxy groups -OCH3 is 1. The van der Waals surface area contributed by atoms with E-state index in [1.165, 1.54) is 7.11 Å². The summed E-state index contributed by atoms with van der Waals surface area (Å²) >= 11 is 0. The van der Waals surface area contributed by atoms with Gasteiger partial charge in [-0.05, 0) is 6.92 Å². The molecule has 124 valence electrons. The van der Waals surface area contributed by atoms with Gasteiger partial charge in [-0.15, -0.1) is 0 Å². The molecule has 1 amide bonds. The molecule has 0 aliphatic heterocycles. The van der Waals surface area contributed by atoms with Crippen LogP contribution in [0.15, 0.2) is 15.6 Å². The maximum atomic E-state index is 12.4. The normalized spacial score (nSPS) is 10.7. The summed E-state index contributed by atoms with van der Waals surface area (Å²) in [6.45, 7) is 2.18. The van der Waals surface area contributed by atoms with Crippen molar-refractivity contribution in [1.29, 1.82) is 0 Å². The van der Waals surface area contributed by atoms with Gasteiger partial charge in [0.15, 0.2) is 0 Å². The summed E-state index contributed by atoms with van der Waals surface area (Å²) in [5, 5.41) is 5.97. The molecule has 0 unspecified atom stereocenters. The largest absolute Gasteiger partial charge is 0.461 e. The van der Waals surface area contributed by atoms with Crippen LogP contribution in [0.5, 0.6) is 0 Å². The highest BCUT2D eigenvalue weighted by molar-refractivity contribution is 5.99. The molecule has 0 radical (unpaired) electrons. The monoisotopic (exact) mass is 324 g/mol. The Morgan fingerprint density at radius 1 is 1.43 bits per heavy atom. The van der Waals surface area contributed by atoms with E-state index in [0.29, 0.717) is 13.2 Å². The number of carbonyl (C=O) groups is 2. The lowest BCUT2D eigenvalue weighted by Gasteiger charge is -2.06. The molecule has 0 spiro atoms. The molecule has 1 N–H and O–H groups in total. The highest BCUT2D eigenvalue weighted by Crippen LogP contribution is 2.12. The van der Waals surface area contributed by atoms with Crippen LogP contribution in [0.4, 0.5) is 0 Å². The summed E-state index contributed by atoms with van der Waals surface area (Å²) in [6.07, 6.45) is 1.15. The summed E-state index contributed by atoms with van der Waals surface area (Å²) in [5.74, 6) is -1.17. The maximum Gasteiger partial charge on any atom is 0.361 e. The van der Waals surface area contributed by atoms with Gasteiger partial charge < -0.3 is 19.3 Å². The molecular weight excluding hydrogens is 308 g/mol. The van der Waals surface area contributed by atoms with Gasteiger partial charge in [-0.3, -0.25) is 14.2 Å². The van der Waals surface area contributed by atoms with Crippen LogP contribution in [-0.4, -0.2) is 53.5 Å². The van der Waals surface area contributed by atoms with Crippen LogP contribution in [0.25, 0.3) is 11.1 Å². The maximum absolute atomic E-state index is 12.4. The van der Waals surface area contributed by atoms with Gasteiger partial charge in [0.05, 0.1) is 13.2 Å². The van der Waals surface area contributed by atoms with Crippen molar-refractivity contribution in [3.63, 3.8) is 0 Å². The quantitative estimate of drug-likeness (QED) is 0.524. The Hall–Kier alpha value is -2.75. The van der Waals surface area contributed by atoms with Crippen molar-refractivity contribution in [3.8, 4) is 0 Å². The number of nitrogens with zero attached hydrogens (tertiary/aromatic N) is 3. The van der Waals surface area contributed by atoms with E-state index in [2.05, 4.69) is 15.5 Å². The molecule has 0 bridgehead atoms. The molecule has 0 aliphatic rings.